The predicted molar refractivity (Wildman–Crippen MR) is 113 cm³/mol. The lowest BCUT2D eigenvalue weighted by molar-refractivity contribution is -0.919. The topological polar surface area (TPSA) is 55.9 Å². The van der Waals surface area contributed by atoms with E-state index in [2.05, 4.69) is 17.4 Å². The Balaban J connectivity index is 1.45. The first-order chi connectivity index (χ1) is 14.2. The van der Waals surface area contributed by atoms with Crippen LogP contribution in [-0.4, -0.2) is 32.7 Å². The van der Waals surface area contributed by atoms with Gasteiger partial charge in [-0.1, -0.05) is 24.3 Å². The van der Waals surface area contributed by atoms with Crippen molar-refractivity contribution in [2.24, 2.45) is 0 Å². The van der Waals surface area contributed by atoms with E-state index in [1.165, 1.54) is 17.7 Å². The third-order valence-corrected chi connectivity index (χ3v) is 6.07. The van der Waals surface area contributed by atoms with Gasteiger partial charge in [0.15, 0.2) is 11.8 Å². The largest absolute Gasteiger partial charge is 0.497 e. The van der Waals surface area contributed by atoms with Crippen LogP contribution in [0.4, 0.5) is 0 Å². The maximum Gasteiger partial charge on any atom is 0.227 e. The maximum atomic E-state index is 12.9. The van der Waals surface area contributed by atoms with Gasteiger partial charge in [-0.15, -0.1) is 0 Å². The van der Waals surface area contributed by atoms with Crippen LogP contribution in [0.15, 0.2) is 59.2 Å². The number of benzene rings is 2. The SMILES string of the molecule is COc1ccc2cc([C@H](C)C(=O)NC[C@H](c3ccco3)[NH+]3CCCC3)ccc2c1. The molecule has 2 aromatic carbocycles. The maximum absolute atomic E-state index is 12.9. The van der Waals surface area contributed by atoms with Crippen LogP contribution in [0, 0.1) is 0 Å². The standard InChI is InChI=1S/C24H28N2O3/c1-17(18-7-8-20-15-21(28-2)10-9-19(20)14-18)24(27)25-16-22(23-6-5-13-29-23)26-11-3-4-12-26/h5-10,13-15,17,22H,3-4,11-12,16H2,1-2H3,(H,25,27)/p+1/t17-,22+/m0/s1. The van der Waals surface area contributed by atoms with Gasteiger partial charge in [-0.3, -0.25) is 4.79 Å². The smallest absolute Gasteiger partial charge is 0.227 e. The zero-order valence-corrected chi connectivity index (χ0v) is 17.1. The molecule has 0 spiro atoms. The average Bonchev–Trinajstić information content (AvgIpc) is 3.47. The fourth-order valence-electron chi connectivity index (χ4n) is 4.26. The van der Waals surface area contributed by atoms with Crippen molar-refractivity contribution in [3.05, 3.63) is 66.1 Å². The second-order valence-electron chi connectivity index (χ2n) is 7.87. The summed E-state index contributed by atoms with van der Waals surface area (Å²) >= 11 is 0. The number of carbonyl (C=O) groups is 1. The molecule has 0 aliphatic carbocycles. The van der Waals surface area contributed by atoms with Crippen LogP contribution in [0.1, 0.15) is 43.0 Å². The molecular formula is C24H29N2O3+. The molecule has 1 aliphatic heterocycles. The van der Waals surface area contributed by atoms with E-state index in [0.717, 1.165) is 40.9 Å². The lowest BCUT2D eigenvalue weighted by Gasteiger charge is -2.24. The van der Waals surface area contributed by atoms with E-state index in [0.29, 0.717) is 6.54 Å². The van der Waals surface area contributed by atoms with Crippen LogP contribution in [0.3, 0.4) is 0 Å². The van der Waals surface area contributed by atoms with E-state index in [1.54, 1.807) is 13.4 Å². The van der Waals surface area contributed by atoms with Crippen molar-refractivity contribution in [3.8, 4) is 5.75 Å². The van der Waals surface area contributed by atoms with Crippen molar-refractivity contribution < 1.29 is 18.8 Å². The van der Waals surface area contributed by atoms with Crippen molar-refractivity contribution in [1.82, 2.24) is 5.32 Å². The summed E-state index contributed by atoms with van der Waals surface area (Å²) in [4.78, 5) is 14.4. The second-order valence-corrected chi connectivity index (χ2v) is 7.87. The normalized spacial score (nSPS) is 16.6. The van der Waals surface area contributed by atoms with E-state index >= 15 is 0 Å². The highest BCUT2D eigenvalue weighted by molar-refractivity contribution is 5.88. The zero-order chi connectivity index (χ0) is 20.2. The number of hydrogen-bond acceptors (Lipinski definition) is 3. The summed E-state index contributed by atoms with van der Waals surface area (Å²) in [6, 6.07) is 16.3. The molecule has 2 N–H and O–H groups in total. The van der Waals surface area contributed by atoms with Gasteiger partial charge < -0.3 is 19.4 Å². The monoisotopic (exact) mass is 393 g/mol. The Hall–Kier alpha value is -2.79. The van der Waals surface area contributed by atoms with Crippen molar-refractivity contribution in [2.45, 2.75) is 31.7 Å². The number of rotatable bonds is 7. The summed E-state index contributed by atoms with van der Waals surface area (Å²) in [5.41, 5.74) is 1.02. The third kappa shape index (κ3) is 4.30. The molecule has 0 radical (unpaired) electrons. The van der Waals surface area contributed by atoms with Crippen LogP contribution in [-0.2, 0) is 4.79 Å². The first kappa shape index (κ1) is 19.5. The van der Waals surface area contributed by atoms with Gasteiger partial charge in [0, 0.05) is 12.8 Å². The van der Waals surface area contributed by atoms with Crippen molar-refractivity contribution in [2.75, 3.05) is 26.7 Å². The summed E-state index contributed by atoms with van der Waals surface area (Å²) in [7, 11) is 1.67. The van der Waals surface area contributed by atoms with Gasteiger partial charge in [-0.2, -0.15) is 0 Å². The van der Waals surface area contributed by atoms with E-state index in [1.807, 2.05) is 43.3 Å². The first-order valence-electron chi connectivity index (χ1n) is 10.4. The van der Waals surface area contributed by atoms with E-state index in [4.69, 9.17) is 9.15 Å². The molecule has 1 saturated heterocycles. The molecule has 5 nitrogen and oxygen atoms in total. The van der Waals surface area contributed by atoms with Gasteiger partial charge in [-0.25, -0.2) is 0 Å². The number of ether oxygens (including phenoxy) is 1. The molecular weight excluding hydrogens is 364 g/mol. The number of nitrogens with one attached hydrogen (secondary N) is 2. The fourth-order valence-corrected chi connectivity index (χ4v) is 4.26. The third-order valence-electron chi connectivity index (χ3n) is 6.07. The Kier molecular flexibility index (Phi) is 5.86. The molecule has 2 atom stereocenters. The van der Waals surface area contributed by atoms with Gasteiger partial charge in [-0.05, 0) is 47.5 Å². The lowest BCUT2D eigenvalue weighted by atomic mass is 9.97. The summed E-state index contributed by atoms with van der Waals surface area (Å²) in [5, 5.41) is 5.39. The summed E-state index contributed by atoms with van der Waals surface area (Å²) in [6.07, 6.45) is 4.18. The highest BCUT2D eigenvalue weighted by Gasteiger charge is 2.30. The molecule has 0 bridgehead atoms. The molecule has 5 heteroatoms. The average molecular weight is 394 g/mol. The number of methoxy groups -OCH3 is 1. The summed E-state index contributed by atoms with van der Waals surface area (Å²) < 4.78 is 11.0. The van der Waals surface area contributed by atoms with E-state index in [-0.39, 0.29) is 17.9 Å². The molecule has 0 unspecified atom stereocenters. The lowest BCUT2D eigenvalue weighted by Crippen LogP contribution is -3.11. The van der Waals surface area contributed by atoms with Crippen LogP contribution < -0.4 is 15.0 Å². The molecule has 1 fully saturated rings. The number of likely N-dealkylation sites (tertiary alicyclic amines) is 1. The number of furan rings is 1. The second kappa shape index (κ2) is 8.70. The quantitative estimate of drug-likeness (QED) is 0.649. The fraction of sp³-hybridized carbons (Fsp3) is 0.375. The Morgan fingerprint density at radius 2 is 1.90 bits per heavy atom. The van der Waals surface area contributed by atoms with Crippen molar-refractivity contribution in [1.29, 1.82) is 0 Å². The number of hydrogen-bond donors (Lipinski definition) is 2. The molecule has 4 rings (SSSR count). The minimum absolute atomic E-state index is 0.0491. The minimum atomic E-state index is -0.215. The minimum Gasteiger partial charge on any atom is -0.497 e. The number of fused-ring (bicyclic) bond motifs is 1. The number of carbonyl (C=O) groups excluding carboxylic acids is 1. The highest BCUT2D eigenvalue weighted by atomic mass is 16.5. The summed E-state index contributed by atoms with van der Waals surface area (Å²) in [5.74, 6) is 1.62. The van der Waals surface area contributed by atoms with Crippen LogP contribution in [0.5, 0.6) is 5.75 Å². The van der Waals surface area contributed by atoms with Gasteiger partial charge in [0.05, 0.1) is 38.9 Å². The zero-order valence-electron chi connectivity index (χ0n) is 17.1. The molecule has 152 valence electrons. The van der Waals surface area contributed by atoms with Crippen LogP contribution in [0.2, 0.25) is 0 Å². The Labute approximate surface area is 171 Å². The molecule has 1 aliphatic rings. The molecule has 1 aromatic heterocycles. The molecule has 2 heterocycles. The van der Waals surface area contributed by atoms with Gasteiger partial charge in [0.2, 0.25) is 5.91 Å². The Bertz CT molecular complexity index is 961. The van der Waals surface area contributed by atoms with Gasteiger partial charge >= 0.3 is 0 Å². The Morgan fingerprint density at radius 1 is 1.14 bits per heavy atom. The number of amides is 1. The van der Waals surface area contributed by atoms with E-state index in [9.17, 15) is 4.79 Å². The van der Waals surface area contributed by atoms with Crippen molar-refractivity contribution >= 4 is 16.7 Å². The van der Waals surface area contributed by atoms with Crippen LogP contribution >= 0.6 is 0 Å². The Morgan fingerprint density at radius 3 is 2.62 bits per heavy atom. The molecule has 3 aromatic rings. The predicted octanol–water partition coefficient (Wildman–Crippen LogP) is 3.08. The van der Waals surface area contributed by atoms with Gasteiger partial charge in [0.1, 0.15) is 5.75 Å². The molecule has 0 saturated carbocycles. The highest BCUT2D eigenvalue weighted by Crippen LogP contribution is 2.25. The first-order valence-corrected chi connectivity index (χ1v) is 10.4. The van der Waals surface area contributed by atoms with Crippen LogP contribution in [0.25, 0.3) is 10.8 Å². The molecule has 29 heavy (non-hydrogen) atoms. The summed E-state index contributed by atoms with van der Waals surface area (Å²) in [6.45, 7) is 4.82. The van der Waals surface area contributed by atoms with Crippen molar-refractivity contribution in [3.63, 3.8) is 0 Å². The molecule has 1 amide bonds. The van der Waals surface area contributed by atoms with E-state index < -0.39 is 0 Å². The number of quaternary nitrogens is 1. The van der Waals surface area contributed by atoms with Gasteiger partial charge in [0.25, 0.3) is 0 Å².